The van der Waals surface area contributed by atoms with Crippen molar-refractivity contribution in [3.8, 4) is 0 Å². The normalized spacial score (nSPS) is 11.8. The molecule has 0 aliphatic heterocycles. The molecular weight excluding hydrogens is 224 g/mol. The molecule has 0 unspecified atom stereocenters. The van der Waals surface area contributed by atoms with Crippen LogP contribution in [0.15, 0.2) is 28.2 Å². The maximum atomic E-state index is 4.61. The van der Waals surface area contributed by atoms with E-state index in [4.69, 9.17) is 0 Å². The molecule has 3 aromatic heterocycles. The fourth-order valence-corrected chi connectivity index (χ4v) is 2.55. The number of hydrogen-bond acceptors (Lipinski definition) is 6. The number of thiophene rings is 1. The predicted molar refractivity (Wildman–Crippen MR) is 60.3 cm³/mol. The van der Waals surface area contributed by atoms with E-state index >= 15 is 0 Å². The lowest BCUT2D eigenvalue weighted by Crippen LogP contribution is -1.86. The Bertz CT molecular complexity index is 818. The SMILES string of the molecule is c1cc2c(ccc3nc4nonc4nc32)s1. The maximum absolute atomic E-state index is 4.61. The highest BCUT2D eigenvalue weighted by Gasteiger charge is 2.09. The summed E-state index contributed by atoms with van der Waals surface area (Å²) < 4.78 is 5.80. The quantitative estimate of drug-likeness (QED) is 0.462. The van der Waals surface area contributed by atoms with Crippen LogP contribution in [0.5, 0.6) is 0 Å². The van der Waals surface area contributed by atoms with Crippen LogP contribution < -0.4 is 0 Å². The lowest BCUT2D eigenvalue weighted by Gasteiger charge is -1.96. The van der Waals surface area contributed by atoms with Crippen LogP contribution in [-0.2, 0) is 0 Å². The van der Waals surface area contributed by atoms with Crippen molar-refractivity contribution in [3.63, 3.8) is 0 Å². The van der Waals surface area contributed by atoms with E-state index in [-0.39, 0.29) is 0 Å². The summed E-state index contributed by atoms with van der Waals surface area (Å²) in [5.41, 5.74) is 2.56. The Balaban J connectivity index is 2.33. The minimum Gasteiger partial charge on any atom is -0.240 e. The Kier molecular flexibility index (Phi) is 1.39. The molecular formula is C10H4N4OS. The summed E-state index contributed by atoms with van der Waals surface area (Å²) in [5, 5.41) is 10.5. The highest BCUT2D eigenvalue weighted by Crippen LogP contribution is 2.27. The number of aromatic nitrogens is 4. The van der Waals surface area contributed by atoms with Gasteiger partial charge in [0.25, 0.3) is 0 Å². The largest absolute Gasteiger partial charge is 0.243 e. The molecule has 0 aliphatic carbocycles. The summed E-state index contributed by atoms with van der Waals surface area (Å²) in [5.74, 6) is 0. The number of rotatable bonds is 0. The first kappa shape index (κ1) is 8.12. The van der Waals surface area contributed by atoms with Gasteiger partial charge in [-0.3, -0.25) is 0 Å². The number of benzene rings is 1. The average Bonchev–Trinajstić information content (AvgIpc) is 2.94. The molecule has 3 heterocycles. The van der Waals surface area contributed by atoms with Gasteiger partial charge in [-0.15, -0.1) is 11.3 Å². The second-order valence-electron chi connectivity index (χ2n) is 3.40. The highest BCUT2D eigenvalue weighted by molar-refractivity contribution is 7.17. The molecule has 76 valence electrons. The average molecular weight is 228 g/mol. The Morgan fingerprint density at radius 1 is 1.00 bits per heavy atom. The predicted octanol–water partition coefficient (Wildman–Crippen LogP) is 2.38. The monoisotopic (exact) mass is 228 g/mol. The molecule has 0 fully saturated rings. The molecule has 0 amide bonds. The molecule has 4 rings (SSSR count). The summed E-state index contributed by atoms with van der Waals surface area (Å²) in [7, 11) is 0. The van der Waals surface area contributed by atoms with Crippen LogP contribution >= 0.6 is 11.3 Å². The van der Waals surface area contributed by atoms with Crippen LogP contribution in [0.4, 0.5) is 0 Å². The maximum Gasteiger partial charge on any atom is 0.243 e. The topological polar surface area (TPSA) is 64.7 Å². The first-order valence-electron chi connectivity index (χ1n) is 4.68. The Morgan fingerprint density at radius 2 is 1.88 bits per heavy atom. The Morgan fingerprint density at radius 3 is 2.81 bits per heavy atom. The molecule has 0 N–H and O–H groups in total. The summed E-state index contributed by atoms with van der Waals surface area (Å²) in [6.45, 7) is 0. The van der Waals surface area contributed by atoms with Gasteiger partial charge in [-0.05, 0) is 33.9 Å². The van der Waals surface area contributed by atoms with Crippen molar-refractivity contribution in [1.29, 1.82) is 0 Å². The minimum atomic E-state index is 0.446. The van der Waals surface area contributed by atoms with E-state index in [0.29, 0.717) is 11.3 Å². The molecule has 0 bridgehead atoms. The smallest absolute Gasteiger partial charge is 0.240 e. The summed E-state index contributed by atoms with van der Waals surface area (Å²) in [6, 6.07) is 6.02. The van der Waals surface area contributed by atoms with Crippen LogP contribution in [0, 0.1) is 0 Å². The molecule has 0 radical (unpaired) electrons. The standard InChI is InChI=1S/C10H4N4OS/c1-2-7-5(3-4-16-7)8-6(1)11-9-10(12-8)14-15-13-9/h1-4H. The van der Waals surface area contributed by atoms with Crippen LogP contribution in [0.25, 0.3) is 32.4 Å². The van der Waals surface area contributed by atoms with Crippen LogP contribution in [0.2, 0.25) is 0 Å². The van der Waals surface area contributed by atoms with E-state index in [0.717, 1.165) is 16.4 Å². The van der Waals surface area contributed by atoms with Crippen molar-refractivity contribution >= 4 is 43.8 Å². The van der Waals surface area contributed by atoms with Crippen molar-refractivity contribution in [1.82, 2.24) is 20.3 Å². The Hall–Kier alpha value is -2.08. The third kappa shape index (κ3) is 0.938. The fourth-order valence-electron chi connectivity index (χ4n) is 1.77. The van der Waals surface area contributed by atoms with Gasteiger partial charge in [0, 0.05) is 10.1 Å². The van der Waals surface area contributed by atoms with E-state index in [1.54, 1.807) is 11.3 Å². The molecule has 0 spiro atoms. The Labute approximate surface area is 92.7 Å². The van der Waals surface area contributed by atoms with Crippen molar-refractivity contribution in [3.05, 3.63) is 23.6 Å². The van der Waals surface area contributed by atoms with Gasteiger partial charge < -0.3 is 0 Å². The van der Waals surface area contributed by atoms with Crippen molar-refractivity contribution < 1.29 is 4.63 Å². The molecule has 0 saturated heterocycles. The zero-order chi connectivity index (χ0) is 10.5. The fraction of sp³-hybridized carbons (Fsp3) is 0. The van der Waals surface area contributed by atoms with Crippen molar-refractivity contribution in [2.45, 2.75) is 0 Å². The molecule has 16 heavy (non-hydrogen) atoms. The first-order chi connectivity index (χ1) is 7.92. The van der Waals surface area contributed by atoms with E-state index < -0.39 is 0 Å². The molecule has 0 saturated carbocycles. The zero-order valence-corrected chi connectivity index (χ0v) is 8.73. The minimum absolute atomic E-state index is 0.446. The van der Waals surface area contributed by atoms with Gasteiger partial charge in [-0.1, -0.05) is 0 Å². The summed E-state index contributed by atoms with van der Waals surface area (Å²) >= 11 is 1.68. The molecule has 0 atom stereocenters. The molecule has 5 nitrogen and oxygen atoms in total. The van der Waals surface area contributed by atoms with E-state index in [2.05, 4.69) is 24.9 Å². The van der Waals surface area contributed by atoms with Crippen LogP contribution in [0.3, 0.4) is 0 Å². The lowest BCUT2D eigenvalue weighted by atomic mass is 10.2. The van der Waals surface area contributed by atoms with Gasteiger partial charge >= 0.3 is 0 Å². The number of nitrogens with zero attached hydrogens (tertiary/aromatic N) is 4. The van der Waals surface area contributed by atoms with Gasteiger partial charge in [0.15, 0.2) is 0 Å². The molecule has 0 aliphatic rings. The van der Waals surface area contributed by atoms with Crippen LogP contribution in [0.1, 0.15) is 0 Å². The molecule has 1 aromatic carbocycles. The second kappa shape index (κ2) is 2.73. The van der Waals surface area contributed by atoms with E-state index in [9.17, 15) is 0 Å². The summed E-state index contributed by atoms with van der Waals surface area (Å²) in [6.07, 6.45) is 0. The van der Waals surface area contributed by atoms with Gasteiger partial charge in [0.05, 0.1) is 5.52 Å². The summed E-state index contributed by atoms with van der Waals surface area (Å²) in [4.78, 5) is 8.76. The van der Waals surface area contributed by atoms with Crippen molar-refractivity contribution in [2.24, 2.45) is 0 Å². The highest BCUT2D eigenvalue weighted by atomic mass is 32.1. The number of fused-ring (bicyclic) bond motifs is 4. The van der Waals surface area contributed by atoms with Gasteiger partial charge in [0.2, 0.25) is 11.3 Å². The zero-order valence-electron chi connectivity index (χ0n) is 7.91. The van der Waals surface area contributed by atoms with E-state index in [1.807, 2.05) is 23.6 Å². The van der Waals surface area contributed by atoms with E-state index in [1.165, 1.54) is 4.70 Å². The second-order valence-corrected chi connectivity index (χ2v) is 4.35. The first-order valence-corrected chi connectivity index (χ1v) is 5.56. The third-order valence-electron chi connectivity index (χ3n) is 2.48. The number of hydrogen-bond donors (Lipinski definition) is 0. The lowest BCUT2D eigenvalue weighted by molar-refractivity contribution is 0.314. The third-order valence-corrected chi connectivity index (χ3v) is 3.37. The van der Waals surface area contributed by atoms with Crippen LogP contribution in [-0.4, -0.2) is 20.3 Å². The van der Waals surface area contributed by atoms with Gasteiger partial charge in [0.1, 0.15) is 5.52 Å². The molecule has 6 heteroatoms. The van der Waals surface area contributed by atoms with Gasteiger partial charge in [-0.25, -0.2) is 14.6 Å². The van der Waals surface area contributed by atoms with Crippen molar-refractivity contribution in [2.75, 3.05) is 0 Å². The van der Waals surface area contributed by atoms with Gasteiger partial charge in [-0.2, -0.15) is 0 Å². The molecule has 4 aromatic rings.